The van der Waals surface area contributed by atoms with Crippen molar-refractivity contribution in [1.29, 1.82) is 0 Å². The molecule has 0 aliphatic carbocycles. The van der Waals surface area contributed by atoms with Crippen molar-refractivity contribution in [2.24, 2.45) is 0 Å². The molecule has 0 aliphatic rings. The van der Waals surface area contributed by atoms with Crippen LogP contribution in [0.15, 0.2) is 48.5 Å². The molecule has 2 aromatic rings. The van der Waals surface area contributed by atoms with E-state index in [1.54, 1.807) is 24.3 Å². The quantitative estimate of drug-likeness (QED) is 0.626. The molecule has 2 aromatic carbocycles. The number of carbonyl (C=O) groups excluding carboxylic acids is 2. The first-order chi connectivity index (χ1) is 11.8. The first kappa shape index (κ1) is 17.9. The van der Waals surface area contributed by atoms with Gasteiger partial charge in [0.2, 0.25) is 0 Å². The number of nitro groups is 1. The molecule has 8 heteroatoms. The molecule has 130 valence electrons. The topological polar surface area (TPSA) is 93.0 Å². The standard InChI is InChI=1S/C17H17N3O5/c1-12(21)25-19(15-10-8-14(9-11-15)18(2)3)17(22)13-4-6-16(7-5-13)20(23)24/h4-11H,1-3H3. The van der Waals surface area contributed by atoms with E-state index in [4.69, 9.17) is 4.84 Å². The van der Waals surface area contributed by atoms with Crippen LogP contribution in [0.4, 0.5) is 17.1 Å². The van der Waals surface area contributed by atoms with E-state index in [0.717, 1.165) is 10.8 Å². The van der Waals surface area contributed by atoms with Gasteiger partial charge in [-0.15, -0.1) is 5.06 Å². The highest BCUT2D eigenvalue weighted by molar-refractivity contribution is 6.05. The van der Waals surface area contributed by atoms with Crippen LogP contribution in [0.3, 0.4) is 0 Å². The summed E-state index contributed by atoms with van der Waals surface area (Å²) in [5.41, 5.74) is 1.30. The molecule has 0 N–H and O–H groups in total. The predicted octanol–water partition coefficient (Wildman–Crippen LogP) is 2.79. The number of rotatable bonds is 4. The van der Waals surface area contributed by atoms with Crippen molar-refractivity contribution in [3.05, 3.63) is 64.2 Å². The summed E-state index contributed by atoms with van der Waals surface area (Å²) in [5.74, 6) is -1.27. The smallest absolute Gasteiger partial charge is 0.330 e. The normalized spacial score (nSPS) is 10.0. The van der Waals surface area contributed by atoms with E-state index in [-0.39, 0.29) is 11.3 Å². The first-order valence-corrected chi connectivity index (χ1v) is 7.34. The molecule has 0 atom stereocenters. The van der Waals surface area contributed by atoms with Gasteiger partial charge in [0.15, 0.2) is 0 Å². The minimum Gasteiger partial charge on any atom is -0.378 e. The van der Waals surface area contributed by atoms with E-state index in [1.807, 2.05) is 19.0 Å². The molecule has 0 saturated carbocycles. The van der Waals surface area contributed by atoms with Crippen LogP contribution in [-0.4, -0.2) is 30.9 Å². The van der Waals surface area contributed by atoms with Crippen molar-refractivity contribution >= 4 is 28.9 Å². The molecular formula is C17H17N3O5. The Hall–Kier alpha value is -3.42. The summed E-state index contributed by atoms with van der Waals surface area (Å²) in [6, 6.07) is 11.9. The van der Waals surface area contributed by atoms with Gasteiger partial charge in [-0.2, -0.15) is 0 Å². The summed E-state index contributed by atoms with van der Waals surface area (Å²) in [6.07, 6.45) is 0. The second-order valence-corrected chi connectivity index (χ2v) is 5.40. The van der Waals surface area contributed by atoms with E-state index in [9.17, 15) is 19.7 Å². The van der Waals surface area contributed by atoms with Crippen LogP contribution in [-0.2, 0) is 9.63 Å². The van der Waals surface area contributed by atoms with Crippen LogP contribution >= 0.6 is 0 Å². The fourth-order valence-corrected chi connectivity index (χ4v) is 2.07. The van der Waals surface area contributed by atoms with Crippen molar-refractivity contribution in [2.75, 3.05) is 24.1 Å². The molecule has 1 amide bonds. The average Bonchev–Trinajstić information content (AvgIpc) is 2.59. The highest BCUT2D eigenvalue weighted by Gasteiger charge is 2.22. The summed E-state index contributed by atoms with van der Waals surface area (Å²) in [6.45, 7) is 1.18. The zero-order valence-corrected chi connectivity index (χ0v) is 14.0. The average molecular weight is 343 g/mol. The number of hydrogen-bond donors (Lipinski definition) is 0. The van der Waals surface area contributed by atoms with Gasteiger partial charge in [0, 0.05) is 44.4 Å². The van der Waals surface area contributed by atoms with Crippen LogP contribution in [0.25, 0.3) is 0 Å². The Morgan fingerprint density at radius 2 is 1.48 bits per heavy atom. The van der Waals surface area contributed by atoms with Gasteiger partial charge in [0.1, 0.15) is 0 Å². The lowest BCUT2D eigenvalue weighted by molar-refractivity contribution is -0.384. The number of hydrogen-bond acceptors (Lipinski definition) is 6. The molecule has 0 radical (unpaired) electrons. The molecule has 0 fully saturated rings. The summed E-state index contributed by atoms with van der Waals surface area (Å²) in [5, 5.41) is 11.6. The lowest BCUT2D eigenvalue weighted by Crippen LogP contribution is -2.33. The van der Waals surface area contributed by atoms with E-state index in [1.165, 1.54) is 31.2 Å². The number of carbonyl (C=O) groups is 2. The molecule has 25 heavy (non-hydrogen) atoms. The number of amides is 1. The van der Waals surface area contributed by atoms with E-state index in [2.05, 4.69) is 0 Å². The second kappa shape index (κ2) is 7.43. The summed E-state index contributed by atoms with van der Waals surface area (Å²) < 4.78 is 0. The third-order valence-corrected chi connectivity index (χ3v) is 3.33. The van der Waals surface area contributed by atoms with Gasteiger partial charge in [-0.1, -0.05) is 0 Å². The van der Waals surface area contributed by atoms with Crippen molar-refractivity contribution < 1.29 is 19.3 Å². The minimum atomic E-state index is -0.660. The summed E-state index contributed by atoms with van der Waals surface area (Å²) >= 11 is 0. The lowest BCUT2D eigenvalue weighted by atomic mass is 10.2. The maximum absolute atomic E-state index is 12.6. The fraction of sp³-hybridized carbons (Fsp3) is 0.176. The third-order valence-electron chi connectivity index (χ3n) is 3.33. The van der Waals surface area contributed by atoms with Crippen molar-refractivity contribution in [3.8, 4) is 0 Å². The lowest BCUT2D eigenvalue weighted by Gasteiger charge is -2.21. The maximum atomic E-state index is 12.6. The van der Waals surface area contributed by atoms with E-state index >= 15 is 0 Å². The van der Waals surface area contributed by atoms with Crippen molar-refractivity contribution in [2.45, 2.75) is 6.92 Å². The number of hydroxylamine groups is 1. The van der Waals surface area contributed by atoms with Gasteiger partial charge in [-0.3, -0.25) is 14.9 Å². The number of nitro benzene ring substituents is 1. The largest absolute Gasteiger partial charge is 0.378 e. The third kappa shape index (κ3) is 4.31. The van der Waals surface area contributed by atoms with Crippen molar-refractivity contribution in [1.82, 2.24) is 0 Å². The molecule has 0 aliphatic heterocycles. The Labute approximate surface area is 144 Å². The SMILES string of the molecule is CC(=O)ON(C(=O)c1ccc([N+](=O)[O-])cc1)c1ccc(N(C)C)cc1. The Balaban J connectivity index is 2.34. The van der Waals surface area contributed by atoms with Gasteiger partial charge in [0.25, 0.3) is 11.6 Å². The second-order valence-electron chi connectivity index (χ2n) is 5.40. The molecule has 0 heterocycles. The number of benzene rings is 2. The van der Waals surface area contributed by atoms with E-state index < -0.39 is 16.8 Å². The van der Waals surface area contributed by atoms with Crippen molar-refractivity contribution in [3.63, 3.8) is 0 Å². The molecule has 8 nitrogen and oxygen atoms in total. The van der Waals surface area contributed by atoms with Gasteiger partial charge < -0.3 is 9.74 Å². The van der Waals surface area contributed by atoms with Gasteiger partial charge >= 0.3 is 5.97 Å². The Bertz CT molecular complexity index is 785. The van der Waals surface area contributed by atoms with Crippen LogP contribution < -0.4 is 9.96 Å². The summed E-state index contributed by atoms with van der Waals surface area (Å²) in [7, 11) is 3.75. The van der Waals surface area contributed by atoms with Crippen LogP contribution in [0.1, 0.15) is 17.3 Å². The molecule has 0 saturated heterocycles. The number of nitrogens with zero attached hydrogens (tertiary/aromatic N) is 3. The Kier molecular flexibility index (Phi) is 5.33. The van der Waals surface area contributed by atoms with Gasteiger partial charge in [-0.05, 0) is 36.4 Å². The highest BCUT2D eigenvalue weighted by atomic mass is 16.7. The molecule has 0 aromatic heterocycles. The fourth-order valence-electron chi connectivity index (χ4n) is 2.07. The molecule has 0 spiro atoms. The maximum Gasteiger partial charge on any atom is 0.330 e. The van der Waals surface area contributed by atoms with Crippen LogP contribution in [0, 0.1) is 10.1 Å². The monoisotopic (exact) mass is 343 g/mol. The van der Waals surface area contributed by atoms with Crippen LogP contribution in [0.2, 0.25) is 0 Å². The highest BCUT2D eigenvalue weighted by Crippen LogP contribution is 2.22. The number of anilines is 2. The zero-order valence-electron chi connectivity index (χ0n) is 14.0. The Morgan fingerprint density at radius 1 is 0.960 bits per heavy atom. The van der Waals surface area contributed by atoms with Gasteiger partial charge in [0.05, 0.1) is 10.6 Å². The first-order valence-electron chi connectivity index (χ1n) is 7.34. The molecule has 0 unspecified atom stereocenters. The molecule has 2 rings (SSSR count). The zero-order chi connectivity index (χ0) is 18.6. The minimum absolute atomic E-state index is 0.133. The van der Waals surface area contributed by atoms with Crippen LogP contribution in [0.5, 0.6) is 0 Å². The molecule has 0 bridgehead atoms. The molecular weight excluding hydrogens is 326 g/mol. The van der Waals surface area contributed by atoms with E-state index in [0.29, 0.717) is 5.69 Å². The number of non-ortho nitro benzene ring substituents is 1. The predicted molar refractivity (Wildman–Crippen MR) is 92.4 cm³/mol. The van der Waals surface area contributed by atoms with Gasteiger partial charge in [-0.25, -0.2) is 4.79 Å². The Morgan fingerprint density at radius 3 is 1.92 bits per heavy atom. The summed E-state index contributed by atoms with van der Waals surface area (Å²) in [4.78, 5) is 41.1.